The minimum atomic E-state index is -5.46. The van der Waals surface area contributed by atoms with Crippen molar-refractivity contribution in [2.45, 2.75) is 189 Å². The van der Waals surface area contributed by atoms with E-state index in [2.05, 4.69) is 79.4 Å². The van der Waals surface area contributed by atoms with Crippen LogP contribution in [0.15, 0.2) is 35.3 Å². The number of aliphatic imine (C=N–C) groups is 1. The number of carbonyl (C=O) groups excluding carboxylic acids is 16. The molecular weight excluding hydrogens is 1470 g/mol. The minimum Gasteiger partial charge on any atom is -0.394 e. The van der Waals surface area contributed by atoms with E-state index in [-0.39, 0.29) is 93.3 Å². The number of carbonyl (C=O) groups is 16. The predicted molar refractivity (Wildman–Crippen MR) is 382 cm³/mol. The standard InChI is InChI=1S/C63H101N20O23PS/c1-31(2)22-37(57(97)79-41(29-86)58(98)72-32(3)53(93)78-39(27-84)52(65)92)77-60(100)43-15-11-21-83(43)61(101)50(33(4)106-107(103,104)105)81-49(91)26-71-54(94)38(23-34-12-6-5-7-13-34)76-55(95)35(14-10-20-68-62(66)67)74-56(96)36(18-19-45(64)87)75-59(99)40(28-85)73-48(90)25-70-47(89)24-69-46(88)17-9-8-16-44-51-42(30-108-44)80-63(102)82-51/h5-7,12-13,31-33,35-44,50-51,84-86H,8-11,14-30H2,1-4H3,(H2,64,87)(H2,65,92)(H,69,88)(H,70,89)(H,71,94)(H,72,98)(H,73,90)(H,74,96)(H,75,99)(H,76,95)(H,77,100)(H,78,93)(H,79,97)(H,81,91)(H4,66,67,68)(H2,80,82,102)(H2,103,104,105)/t32-,33+,35-,36-,37-,38-,39-,40-,41-,42-,43-,44-,50-,51-/m0/s1. The number of hydrogen-bond donors (Lipinski definition) is 23. The minimum absolute atomic E-state index is 0.0135. The summed E-state index contributed by atoms with van der Waals surface area (Å²) in [6.07, 6.45) is -1.53. The van der Waals surface area contributed by atoms with E-state index in [4.69, 9.17) is 27.5 Å². The number of phosphoric ester groups is 1. The molecule has 14 atom stereocenters. The van der Waals surface area contributed by atoms with Crippen molar-refractivity contribution in [3.05, 3.63) is 35.9 Å². The summed E-state index contributed by atoms with van der Waals surface area (Å²) >= 11 is 1.74. The number of nitrogens with zero attached hydrogens (tertiary/aromatic N) is 2. The zero-order chi connectivity index (χ0) is 80.5. The van der Waals surface area contributed by atoms with E-state index >= 15 is 0 Å². The summed E-state index contributed by atoms with van der Waals surface area (Å²) in [5, 5.41) is 63.6. The zero-order valence-corrected chi connectivity index (χ0v) is 61.8. The molecule has 0 unspecified atom stereocenters. The molecule has 0 aromatic heterocycles. The third-order valence-electron chi connectivity index (χ3n) is 17.0. The van der Waals surface area contributed by atoms with Gasteiger partial charge in [0.2, 0.25) is 88.6 Å². The van der Waals surface area contributed by atoms with Crippen molar-refractivity contribution in [3.63, 3.8) is 0 Å². The van der Waals surface area contributed by atoms with Crippen LogP contribution in [0.2, 0.25) is 0 Å². The van der Waals surface area contributed by atoms with E-state index < -0.39 is 215 Å². The topological polar surface area (TPSA) is 689 Å². The first-order valence-corrected chi connectivity index (χ1v) is 37.3. The van der Waals surface area contributed by atoms with E-state index in [1.807, 2.05) is 0 Å². The van der Waals surface area contributed by atoms with Gasteiger partial charge in [0.1, 0.15) is 60.4 Å². The Balaban J connectivity index is 1.45. The number of hydrogen-bond acceptors (Lipinski definition) is 23. The van der Waals surface area contributed by atoms with Gasteiger partial charge in [0.05, 0.1) is 57.6 Å². The Hall–Kier alpha value is -9.85. The van der Waals surface area contributed by atoms with E-state index in [1.54, 1.807) is 55.9 Å². The smallest absolute Gasteiger partial charge is 0.394 e. The largest absolute Gasteiger partial charge is 0.469 e. The lowest BCUT2D eigenvalue weighted by atomic mass is 10.0. The summed E-state index contributed by atoms with van der Waals surface area (Å²) in [4.78, 5) is 237. The summed E-state index contributed by atoms with van der Waals surface area (Å²) in [5.41, 5.74) is 22.0. The number of guanidine groups is 1. The molecular formula is C63H101N20O23PS. The van der Waals surface area contributed by atoms with Crippen LogP contribution in [0.1, 0.15) is 104 Å². The Morgan fingerprint density at radius 3 is 1.78 bits per heavy atom. The molecule has 3 saturated heterocycles. The van der Waals surface area contributed by atoms with Crippen molar-refractivity contribution in [1.29, 1.82) is 0 Å². The number of phosphoric acid groups is 1. The molecule has 43 nitrogen and oxygen atoms in total. The highest BCUT2D eigenvalue weighted by Crippen LogP contribution is 2.39. The number of benzene rings is 1. The number of unbranched alkanes of at least 4 members (excludes halogenated alkanes) is 1. The van der Waals surface area contributed by atoms with E-state index in [0.29, 0.717) is 18.4 Å². The Morgan fingerprint density at radius 1 is 0.611 bits per heavy atom. The summed E-state index contributed by atoms with van der Waals surface area (Å²) < 4.78 is 17.0. The number of urea groups is 1. The number of nitrogens with one attached hydrogen (secondary N) is 14. The predicted octanol–water partition coefficient (Wildman–Crippen LogP) is -10.00. The van der Waals surface area contributed by atoms with Crippen LogP contribution < -0.4 is 97.4 Å². The molecule has 3 heterocycles. The van der Waals surface area contributed by atoms with Gasteiger partial charge >= 0.3 is 13.9 Å². The van der Waals surface area contributed by atoms with Crippen molar-refractivity contribution in [2.75, 3.05) is 58.3 Å². The van der Waals surface area contributed by atoms with Gasteiger partial charge in [-0.2, -0.15) is 11.8 Å². The Kier molecular flexibility index (Phi) is 37.8. The van der Waals surface area contributed by atoms with Gasteiger partial charge in [0.25, 0.3) is 0 Å². The third kappa shape index (κ3) is 31.5. The van der Waals surface area contributed by atoms with Gasteiger partial charge in [0, 0.05) is 43.4 Å². The molecule has 3 aliphatic rings. The number of likely N-dealkylation sites (tertiary alicyclic amines) is 1. The Morgan fingerprint density at radius 2 is 1.17 bits per heavy atom. The molecule has 1 aromatic carbocycles. The molecule has 0 aliphatic carbocycles. The second-order valence-electron chi connectivity index (χ2n) is 26.1. The Labute approximate surface area is 624 Å². The highest BCUT2D eigenvalue weighted by Gasteiger charge is 2.45. The molecule has 1 aromatic rings. The van der Waals surface area contributed by atoms with Gasteiger partial charge in [0.15, 0.2) is 5.96 Å². The van der Waals surface area contributed by atoms with Crippen molar-refractivity contribution in [3.8, 4) is 0 Å². The zero-order valence-electron chi connectivity index (χ0n) is 60.0. The quantitative estimate of drug-likeness (QED) is 0.00947. The normalized spacial score (nSPS) is 18.6. The second kappa shape index (κ2) is 45.1. The molecule has 0 saturated carbocycles. The second-order valence-corrected chi connectivity index (χ2v) is 28.6. The molecule has 108 heavy (non-hydrogen) atoms. The molecule has 602 valence electrons. The molecule has 45 heteroatoms. The first-order chi connectivity index (χ1) is 50.9. The summed E-state index contributed by atoms with van der Waals surface area (Å²) in [7, 11) is -5.46. The highest BCUT2D eigenvalue weighted by atomic mass is 32.2. The lowest BCUT2D eigenvalue weighted by molar-refractivity contribution is -0.144. The monoisotopic (exact) mass is 1570 g/mol. The Bertz CT molecular complexity index is 3430. The lowest BCUT2D eigenvalue weighted by Crippen LogP contribution is -2.61. The average molecular weight is 1570 g/mol. The van der Waals surface area contributed by atoms with Crippen LogP contribution in [0.3, 0.4) is 0 Å². The van der Waals surface area contributed by atoms with Gasteiger partial charge in [-0.05, 0) is 76.7 Å². The number of aliphatic hydroxyl groups is 3. The van der Waals surface area contributed by atoms with Gasteiger partial charge in [-0.25, -0.2) is 9.36 Å². The van der Waals surface area contributed by atoms with Gasteiger partial charge in [-0.3, -0.25) is 81.4 Å². The molecule has 3 fully saturated rings. The summed E-state index contributed by atoms with van der Waals surface area (Å²) in [6.45, 7) is 0.00597. The highest BCUT2D eigenvalue weighted by molar-refractivity contribution is 8.00. The number of nitrogens with two attached hydrogens (primary N) is 4. The van der Waals surface area contributed by atoms with Gasteiger partial charge < -0.3 is 127 Å². The van der Waals surface area contributed by atoms with Crippen LogP contribution in [-0.4, -0.2) is 273 Å². The lowest BCUT2D eigenvalue weighted by Gasteiger charge is -2.32. The SMILES string of the molecule is CC(C)C[C@H](NC(=O)[C@@H]1CCCN1C(=O)[C@@H](NC(=O)CNC(=O)[C@H](Cc1ccccc1)NC(=O)[C@H](CCCN=C(N)N)NC(=O)[C@H](CCC(N)=O)NC(=O)[C@H](CO)NC(=O)CNC(=O)CNC(=O)CCCC[C@@H]1SC[C@@H]2NC(=O)N[C@@H]21)[C@@H](C)OP(=O)(O)O)C(=O)N[C@@H](CO)C(=O)N[C@@H](C)C(=O)N[C@@H](CO)C(N)=O. The molecule has 17 amide bonds. The summed E-state index contributed by atoms with van der Waals surface area (Å²) in [6, 6.07) is -8.45. The molecule has 4 rings (SSSR count). The molecule has 0 bridgehead atoms. The number of aliphatic hydroxyl groups excluding tert-OH is 3. The fraction of sp³-hybridized carbons (Fsp3) is 0.635. The van der Waals surface area contributed by atoms with Gasteiger partial charge in [-0.1, -0.05) is 50.6 Å². The van der Waals surface area contributed by atoms with Crippen LogP contribution in [0.25, 0.3) is 0 Å². The van der Waals surface area contributed by atoms with Crippen LogP contribution in [0.5, 0.6) is 0 Å². The summed E-state index contributed by atoms with van der Waals surface area (Å²) in [5.74, 6) is -14.9. The van der Waals surface area contributed by atoms with Gasteiger partial charge in [-0.15, -0.1) is 0 Å². The number of primary amides is 2. The maximum atomic E-state index is 14.6. The molecule has 27 N–H and O–H groups in total. The van der Waals surface area contributed by atoms with Crippen LogP contribution in [0.4, 0.5) is 4.79 Å². The van der Waals surface area contributed by atoms with E-state index in [1.165, 1.54) is 6.92 Å². The molecule has 3 aliphatic heterocycles. The number of amides is 17. The van der Waals surface area contributed by atoms with Crippen molar-refractivity contribution >= 4 is 120 Å². The number of rotatable bonds is 47. The number of fused-ring (bicyclic) bond motifs is 1. The third-order valence-corrected chi connectivity index (χ3v) is 19.1. The fourth-order valence-electron chi connectivity index (χ4n) is 11.4. The maximum Gasteiger partial charge on any atom is 0.469 e. The van der Waals surface area contributed by atoms with Crippen LogP contribution in [0, 0.1) is 5.92 Å². The molecule has 0 spiro atoms. The van der Waals surface area contributed by atoms with Crippen molar-refractivity contribution < 1.29 is 111 Å². The molecule has 0 radical (unpaired) electrons. The fourth-order valence-corrected chi connectivity index (χ4v) is 13.5. The average Bonchev–Trinajstić information content (AvgIpc) is 1.63. The van der Waals surface area contributed by atoms with Crippen LogP contribution in [-0.2, 0) is 87.4 Å². The first kappa shape index (κ1) is 90.5. The van der Waals surface area contributed by atoms with Crippen LogP contribution >= 0.6 is 19.6 Å². The maximum absolute atomic E-state index is 14.6. The van der Waals surface area contributed by atoms with E-state index in [9.17, 15) is 106 Å². The van der Waals surface area contributed by atoms with E-state index in [0.717, 1.165) is 24.0 Å². The first-order valence-electron chi connectivity index (χ1n) is 34.7. The van der Waals surface area contributed by atoms with Crippen molar-refractivity contribution in [2.24, 2.45) is 33.8 Å². The van der Waals surface area contributed by atoms with Crippen molar-refractivity contribution in [1.82, 2.24) is 79.3 Å². The number of thioether (sulfide) groups is 1.